The van der Waals surface area contributed by atoms with Crippen molar-refractivity contribution < 1.29 is 23.8 Å². The second kappa shape index (κ2) is 7.58. The Balaban J connectivity index is 2.81. The molecule has 0 unspecified atom stereocenters. The average molecular weight is 298 g/mol. The minimum Gasteiger partial charge on any atom is -0.478 e. The minimum absolute atomic E-state index is 0.0525. The van der Waals surface area contributed by atoms with Crippen molar-refractivity contribution >= 4 is 17.7 Å². The van der Waals surface area contributed by atoms with E-state index in [0.29, 0.717) is 13.2 Å². The van der Waals surface area contributed by atoms with E-state index >= 15 is 0 Å². The molecular weight excluding hydrogens is 279 g/mol. The molecule has 2 amide bonds. The third kappa shape index (κ3) is 4.71. The van der Waals surface area contributed by atoms with Crippen molar-refractivity contribution in [3.8, 4) is 0 Å². The zero-order valence-corrected chi connectivity index (χ0v) is 12.2. The van der Waals surface area contributed by atoms with Crippen LogP contribution in [-0.4, -0.2) is 48.3 Å². The maximum Gasteiger partial charge on any atom is 0.338 e. The lowest BCUT2D eigenvalue weighted by molar-refractivity contribution is 0.0692. The summed E-state index contributed by atoms with van der Waals surface area (Å²) in [6.07, 6.45) is 0. The number of halogens is 1. The van der Waals surface area contributed by atoms with Crippen molar-refractivity contribution in [1.82, 2.24) is 4.90 Å². The normalized spacial score (nSPS) is 10.5. The molecule has 0 fully saturated rings. The molecule has 1 aromatic rings. The molecule has 0 aliphatic carbocycles. The van der Waals surface area contributed by atoms with Gasteiger partial charge in [0.1, 0.15) is 5.82 Å². The van der Waals surface area contributed by atoms with Gasteiger partial charge in [0, 0.05) is 25.4 Å². The molecule has 1 aromatic carbocycles. The molecule has 0 heterocycles. The van der Waals surface area contributed by atoms with Gasteiger partial charge in [-0.05, 0) is 32.0 Å². The Morgan fingerprint density at radius 3 is 2.57 bits per heavy atom. The zero-order valence-electron chi connectivity index (χ0n) is 12.2. The highest BCUT2D eigenvalue weighted by Gasteiger charge is 2.18. The molecule has 0 saturated heterocycles. The lowest BCUT2D eigenvalue weighted by atomic mass is 10.2. The number of hydrogen-bond acceptors (Lipinski definition) is 3. The Morgan fingerprint density at radius 1 is 1.43 bits per heavy atom. The van der Waals surface area contributed by atoms with Gasteiger partial charge >= 0.3 is 12.0 Å². The predicted octanol–water partition coefficient (Wildman–Crippen LogP) is 2.41. The molecule has 0 aromatic heterocycles. The highest BCUT2D eigenvalue weighted by Crippen LogP contribution is 2.15. The largest absolute Gasteiger partial charge is 0.478 e. The topological polar surface area (TPSA) is 78.9 Å². The summed E-state index contributed by atoms with van der Waals surface area (Å²) in [5, 5.41) is 11.3. The van der Waals surface area contributed by atoms with E-state index in [-0.39, 0.29) is 11.7 Å². The number of carboxylic acid groups (broad SMARTS) is 1. The van der Waals surface area contributed by atoms with E-state index in [0.717, 1.165) is 12.1 Å². The standard InChI is InChI=1S/C14H19FN2O4/c1-9(2)17(6-7-21-3)14(20)16-10-4-5-11(13(18)19)12(15)8-10/h4-5,8-9H,6-7H2,1-3H3,(H,16,20)(H,18,19). The van der Waals surface area contributed by atoms with Crippen LogP contribution in [0.4, 0.5) is 14.9 Å². The second-order valence-electron chi connectivity index (χ2n) is 4.71. The number of carbonyl (C=O) groups is 2. The van der Waals surface area contributed by atoms with Crippen molar-refractivity contribution in [3.05, 3.63) is 29.6 Å². The molecule has 2 N–H and O–H groups in total. The van der Waals surface area contributed by atoms with Crippen LogP contribution in [0.15, 0.2) is 18.2 Å². The van der Waals surface area contributed by atoms with Crippen LogP contribution in [0, 0.1) is 5.82 Å². The first kappa shape index (κ1) is 16.9. The highest BCUT2D eigenvalue weighted by molar-refractivity contribution is 5.92. The van der Waals surface area contributed by atoms with Crippen molar-refractivity contribution in [2.75, 3.05) is 25.6 Å². The molecule has 0 aliphatic rings. The van der Waals surface area contributed by atoms with E-state index in [1.54, 1.807) is 0 Å². The quantitative estimate of drug-likeness (QED) is 0.845. The first-order chi connectivity index (χ1) is 9.86. The third-order valence-corrected chi connectivity index (χ3v) is 2.87. The summed E-state index contributed by atoms with van der Waals surface area (Å²) in [7, 11) is 1.54. The van der Waals surface area contributed by atoms with Crippen LogP contribution in [0.5, 0.6) is 0 Å². The smallest absolute Gasteiger partial charge is 0.338 e. The molecule has 6 nitrogen and oxygen atoms in total. The number of carboxylic acids is 1. The van der Waals surface area contributed by atoms with Gasteiger partial charge in [0.05, 0.1) is 12.2 Å². The third-order valence-electron chi connectivity index (χ3n) is 2.87. The Bertz CT molecular complexity index is 520. The molecule has 0 radical (unpaired) electrons. The molecule has 116 valence electrons. The number of amides is 2. The van der Waals surface area contributed by atoms with E-state index in [4.69, 9.17) is 9.84 Å². The first-order valence-corrected chi connectivity index (χ1v) is 6.46. The number of benzene rings is 1. The predicted molar refractivity (Wildman–Crippen MR) is 76.1 cm³/mol. The number of urea groups is 1. The number of nitrogens with zero attached hydrogens (tertiary/aromatic N) is 1. The van der Waals surface area contributed by atoms with Crippen LogP contribution in [-0.2, 0) is 4.74 Å². The summed E-state index contributed by atoms with van der Waals surface area (Å²) in [5.41, 5.74) is -0.237. The lowest BCUT2D eigenvalue weighted by Gasteiger charge is -2.26. The van der Waals surface area contributed by atoms with Gasteiger partial charge in [-0.15, -0.1) is 0 Å². The Kier molecular flexibility index (Phi) is 6.10. The van der Waals surface area contributed by atoms with Crippen molar-refractivity contribution in [3.63, 3.8) is 0 Å². The van der Waals surface area contributed by atoms with E-state index in [2.05, 4.69) is 5.32 Å². The van der Waals surface area contributed by atoms with E-state index in [9.17, 15) is 14.0 Å². The molecule has 0 saturated carbocycles. The van der Waals surface area contributed by atoms with Gasteiger partial charge in [-0.2, -0.15) is 0 Å². The molecule has 1 rings (SSSR count). The van der Waals surface area contributed by atoms with Gasteiger partial charge in [-0.3, -0.25) is 0 Å². The molecule has 21 heavy (non-hydrogen) atoms. The fourth-order valence-corrected chi connectivity index (χ4v) is 1.75. The summed E-state index contributed by atoms with van der Waals surface area (Å²) < 4.78 is 18.5. The molecule has 0 spiro atoms. The van der Waals surface area contributed by atoms with Gasteiger partial charge in [-0.1, -0.05) is 0 Å². The summed E-state index contributed by atoms with van der Waals surface area (Å²) in [6.45, 7) is 4.49. The van der Waals surface area contributed by atoms with Gasteiger partial charge in [0.15, 0.2) is 0 Å². The van der Waals surface area contributed by atoms with E-state index < -0.39 is 23.4 Å². The van der Waals surface area contributed by atoms with Gasteiger partial charge in [-0.25, -0.2) is 14.0 Å². The molecule has 0 bridgehead atoms. The summed E-state index contributed by atoms with van der Waals surface area (Å²) >= 11 is 0. The van der Waals surface area contributed by atoms with Crippen LogP contribution in [0.3, 0.4) is 0 Å². The molecule has 7 heteroatoms. The summed E-state index contributed by atoms with van der Waals surface area (Å²) in [6, 6.07) is 2.99. The zero-order chi connectivity index (χ0) is 16.0. The van der Waals surface area contributed by atoms with Crippen molar-refractivity contribution in [1.29, 1.82) is 0 Å². The van der Waals surface area contributed by atoms with Crippen LogP contribution in [0.25, 0.3) is 0 Å². The Labute approximate surface area is 122 Å². The maximum atomic E-state index is 13.5. The van der Waals surface area contributed by atoms with Crippen LogP contribution in [0.2, 0.25) is 0 Å². The number of carbonyl (C=O) groups excluding carboxylic acids is 1. The van der Waals surface area contributed by atoms with E-state index in [1.165, 1.54) is 18.1 Å². The van der Waals surface area contributed by atoms with Crippen LogP contribution in [0.1, 0.15) is 24.2 Å². The molecule has 0 aliphatic heterocycles. The monoisotopic (exact) mass is 298 g/mol. The number of methoxy groups -OCH3 is 1. The number of ether oxygens (including phenoxy) is 1. The highest BCUT2D eigenvalue weighted by atomic mass is 19.1. The average Bonchev–Trinajstić information content (AvgIpc) is 2.38. The van der Waals surface area contributed by atoms with Crippen LogP contribution < -0.4 is 5.32 Å². The molecular formula is C14H19FN2O4. The Morgan fingerprint density at radius 2 is 2.10 bits per heavy atom. The fraction of sp³-hybridized carbons (Fsp3) is 0.429. The number of anilines is 1. The van der Waals surface area contributed by atoms with Gasteiger partial charge in [0.2, 0.25) is 0 Å². The number of aromatic carboxylic acids is 1. The summed E-state index contributed by atoms with van der Waals surface area (Å²) in [4.78, 5) is 24.4. The van der Waals surface area contributed by atoms with Crippen molar-refractivity contribution in [2.45, 2.75) is 19.9 Å². The van der Waals surface area contributed by atoms with Crippen molar-refractivity contribution in [2.24, 2.45) is 0 Å². The lowest BCUT2D eigenvalue weighted by Crippen LogP contribution is -2.42. The number of nitrogens with one attached hydrogen (secondary N) is 1. The summed E-state index contributed by atoms with van der Waals surface area (Å²) in [5.74, 6) is -2.25. The Hall–Kier alpha value is -2.15. The number of rotatable bonds is 6. The SMILES string of the molecule is COCCN(C(=O)Nc1ccc(C(=O)O)c(F)c1)C(C)C. The van der Waals surface area contributed by atoms with Gasteiger partial charge in [0.25, 0.3) is 0 Å². The number of hydrogen-bond donors (Lipinski definition) is 2. The fourth-order valence-electron chi connectivity index (χ4n) is 1.75. The first-order valence-electron chi connectivity index (χ1n) is 6.46. The maximum absolute atomic E-state index is 13.5. The van der Waals surface area contributed by atoms with Gasteiger partial charge < -0.3 is 20.1 Å². The second-order valence-corrected chi connectivity index (χ2v) is 4.71. The molecule has 0 atom stereocenters. The minimum atomic E-state index is -1.35. The van der Waals surface area contributed by atoms with E-state index in [1.807, 2.05) is 13.8 Å². The van der Waals surface area contributed by atoms with Crippen LogP contribution >= 0.6 is 0 Å².